The van der Waals surface area contributed by atoms with E-state index in [0.717, 1.165) is 46.7 Å². The van der Waals surface area contributed by atoms with Crippen molar-refractivity contribution in [1.29, 1.82) is 0 Å². The van der Waals surface area contributed by atoms with E-state index < -0.39 is 6.04 Å². The third-order valence-corrected chi connectivity index (χ3v) is 9.21. The van der Waals surface area contributed by atoms with Crippen molar-refractivity contribution in [2.24, 2.45) is 0 Å². The number of ether oxygens (including phenoxy) is 2. The second-order valence-electron chi connectivity index (χ2n) is 12.6. The summed E-state index contributed by atoms with van der Waals surface area (Å²) >= 11 is 0. The number of carbonyl (C=O) groups is 2. The largest absolute Gasteiger partial charge is 0.497 e. The maximum Gasteiger partial charge on any atom is 0.247 e. The van der Waals surface area contributed by atoms with Crippen molar-refractivity contribution in [2.75, 3.05) is 45.3 Å². The number of benzene rings is 4. The van der Waals surface area contributed by atoms with Crippen LogP contribution in [0, 0.1) is 0 Å². The van der Waals surface area contributed by atoms with Crippen LogP contribution in [0.2, 0.25) is 0 Å². The van der Waals surface area contributed by atoms with Gasteiger partial charge in [-0.05, 0) is 65.4 Å². The summed E-state index contributed by atoms with van der Waals surface area (Å²) in [6, 6.07) is 33.4. The summed E-state index contributed by atoms with van der Waals surface area (Å²) in [6.45, 7) is 9.07. The van der Waals surface area contributed by atoms with Crippen molar-refractivity contribution in [1.82, 2.24) is 9.80 Å². The van der Waals surface area contributed by atoms with Crippen molar-refractivity contribution < 1.29 is 19.1 Å². The first-order valence-electron chi connectivity index (χ1n) is 18.4. The predicted octanol–water partition coefficient (Wildman–Crippen LogP) is 8.46. The van der Waals surface area contributed by atoms with Gasteiger partial charge in [0, 0.05) is 57.0 Å². The molecule has 1 atom stereocenters. The van der Waals surface area contributed by atoms with E-state index in [1.54, 1.807) is 25.2 Å². The highest BCUT2D eigenvalue weighted by Gasteiger charge is 2.34. The lowest BCUT2D eigenvalue weighted by Crippen LogP contribution is -2.56. The average Bonchev–Trinajstić information content (AvgIpc) is 3.20. The summed E-state index contributed by atoms with van der Waals surface area (Å²) in [6.07, 6.45) is 8.42. The summed E-state index contributed by atoms with van der Waals surface area (Å²) in [7, 11) is 3.30. The number of unbranched alkanes of at least 4 members (excludes halogenated alkanes) is 2. The Morgan fingerprint density at radius 2 is 1.41 bits per heavy atom. The Hall–Kier alpha value is -5.04. The molecule has 0 bridgehead atoms. The number of anilines is 1. The number of piperazine rings is 1. The van der Waals surface area contributed by atoms with Gasteiger partial charge in [-0.15, -0.1) is 0 Å². The molecule has 1 aliphatic rings. The molecule has 1 fully saturated rings. The van der Waals surface area contributed by atoms with Gasteiger partial charge in [0.15, 0.2) is 0 Å². The highest BCUT2D eigenvalue weighted by molar-refractivity contribution is 5.96. The van der Waals surface area contributed by atoms with Crippen molar-refractivity contribution in [3.63, 3.8) is 0 Å². The summed E-state index contributed by atoms with van der Waals surface area (Å²) < 4.78 is 10.7. The molecule has 7 nitrogen and oxygen atoms in total. The molecule has 1 saturated heterocycles. The Morgan fingerprint density at radius 1 is 0.745 bits per heavy atom. The topological polar surface area (TPSA) is 62.3 Å². The molecule has 1 aliphatic heterocycles. The molecule has 51 heavy (non-hydrogen) atoms. The van der Waals surface area contributed by atoms with Gasteiger partial charge in [-0.1, -0.05) is 106 Å². The number of amides is 2. The Labute approximate surface area is 305 Å². The van der Waals surface area contributed by atoms with E-state index in [2.05, 4.69) is 42.2 Å². The van der Waals surface area contributed by atoms with E-state index in [9.17, 15) is 9.59 Å². The first-order chi connectivity index (χ1) is 25.0. The Morgan fingerprint density at radius 3 is 2.06 bits per heavy atom. The van der Waals surface area contributed by atoms with Crippen LogP contribution in [0.1, 0.15) is 62.3 Å². The normalized spacial score (nSPS) is 13.3. The molecular weight excluding hydrogens is 635 g/mol. The van der Waals surface area contributed by atoms with E-state index in [1.165, 1.54) is 18.4 Å². The highest BCUT2D eigenvalue weighted by Crippen LogP contribution is 2.24. The van der Waals surface area contributed by atoms with Crippen LogP contribution in [-0.2, 0) is 29.0 Å². The van der Waals surface area contributed by atoms with Gasteiger partial charge in [0.1, 0.15) is 17.5 Å². The second-order valence-corrected chi connectivity index (χ2v) is 12.6. The fraction of sp³-hybridized carbons (Fsp3) is 0.364. The number of hydrogen-bond acceptors (Lipinski definition) is 5. The molecule has 4 aromatic carbocycles. The van der Waals surface area contributed by atoms with E-state index in [-0.39, 0.29) is 11.8 Å². The average molecular weight is 690 g/mol. The SMILES string of the molecule is CC.CCCCCc1ccc(CN(C(=O)/C=C/c2ccc(OC)cc2)[C@@H](Cc2ccccc2)C(=O)N2CCN(c3cccc(OC)c3)CC2)cc1. The molecule has 4 aromatic rings. The highest BCUT2D eigenvalue weighted by atomic mass is 16.5. The zero-order chi connectivity index (χ0) is 36.4. The zero-order valence-electron chi connectivity index (χ0n) is 31.1. The number of rotatable bonds is 15. The van der Waals surface area contributed by atoms with Crippen LogP contribution in [0.3, 0.4) is 0 Å². The predicted molar refractivity (Wildman–Crippen MR) is 209 cm³/mol. The third kappa shape index (κ3) is 11.5. The van der Waals surface area contributed by atoms with Gasteiger partial charge in [0.05, 0.1) is 14.2 Å². The lowest BCUT2D eigenvalue weighted by molar-refractivity contribution is -0.144. The smallest absolute Gasteiger partial charge is 0.247 e. The summed E-state index contributed by atoms with van der Waals surface area (Å²) in [5.74, 6) is 1.33. The van der Waals surface area contributed by atoms with Crippen molar-refractivity contribution in [3.05, 3.63) is 131 Å². The molecule has 0 radical (unpaired) electrons. The summed E-state index contributed by atoms with van der Waals surface area (Å²) in [5, 5.41) is 0. The standard InChI is InChI=1S/C42H49N3O4.C2H6/c1-4-5-7-11-33-16-18-36(19-17-33)32-45(41(46)25-22-34-20-23-38(48-2)24-21-34)40(30-35-12-8-6-9-13-35)42(47)44-28-26-43(27-29-44)37-14-10-15-39(31-37)49-3;1-2/h6,8-10,12-25,31,40H,4-5,7,11,26-30,32H2,1-3H3;1-2H3/b25-22+;/t40-;/m0./s1. The Balaban J connectivity index is 0.00000286. The van der Waals surface area contributed by atoms with Gasteiger partial charge >= 0.3 is 0 Å². The van der Waals surface area contributed by atoms with E-state index in [0.29, 0.717) is 39.1 Å². The molecule has 7 heteroatoms. The van der Waals surface area contributed by atoms with Crippen LogP contribution in [0.25, 0.3) is 6.08 Å². The lowest BCUT2D eigenvalue weighted by atomic mass is 10.0. The van der Waals surface area contributed by atoms with Crippen LogP contribution >= 0.6 is 0 Å². The fourth-order valence-corrected chi connectivity index (χ4v) is 6.28. The van der Waals surface area contributed by atoms with Gasteiger partial charge in [-0.2, -0.15) is 0 Å². The molecule has 270 valence electrons. The number of carbonyl (C=O) groups excluding carboxylic acids is 2. The molecule has 1 heterocycles. The molecule has 0 aromatic heterocycles. The molecular formula is C44H55N3O4. The molecule has 0 unspecified atom stereocenters. The van der Waals surface area contributed by atoms with Crippen molar-refractivity contribution in [3.8, 4) is 11.5 Å². The zero-order valence-corrected chi connectivity index (χ0v) is 31.1. The molecule has 0 spiro atoms. The Bertz CT molecular complexity index is 1650. The van der Waals surface area contributed by atoms with Crippen molar-refractivity contribution in [2.45, 2.75) is 65.5 Å². The van der Waals surface area contributed by atoms with Crippen LogP contribution in [-0.4, -0.2) is 68.1 Å². The molecule has 0 aliphatic carbocycles. The van der Waals surface area contributed by atoms with E-state index >= 15 is 0 Å². The van der Waals surface area contributed by atoms with Crippen LogP contribution in [0.5, 0.6) is 11.5 Å². The van der Waals surface area contributed by atoms with Crippen LogP contribution < -0.4 is 14.4 Å². The molecule has 5 rings (SSSR count). The summed E-state index contributed by atoms with van der Waals surface area (Å²) in [4.78, 5) is 34.8. The molecule has 0 saturated carbocycles. The van der Waals surface area contributed by atoms with Gasteiger partial charge in [0.25, 0.3) is 0 Å². The monoisotopic (exact) mass is 689 g/mol. The maximum absolute atomic E-state index is 14.6. The van der Waals surface area contributed by atoms with Gasteiger partial charge in [-0.3, -0.25) is 9.59 Å². The van der Waals surface area contributed by atoms with Crippen LogP contribution in [0.15, 0.2) is 109 Å². The number of hydrogen-bond donors (Lipinski definition) is 0. The maximum atomic E-state index is 14.6. The molecule has 2 amide bonds. The van der Waals surface area contributed by atoms with Gasteiger partial charge in [-0.25, -0.2) is 0 Å². The first-order valence-corrected chi connectivity index (χ1v) is 18.4. The summed E-state index contributed by atoms with van der Waals surface area (Å²) in [5.41, 5.74) is 5.26. The minimum Gasteiger partial charge on any atom is -0.497 e. The van der Waals surface area contributed by atoms with Crippen molar-refractivity contribution >= 4 is 23.6 Å². The fourth-order valence-electron chi connectivity index (χ4n) is 6.28. The quantitative estimate of drug-likeness (QED) is 0.0926. The Kier molecular flexibility index (Phi) is 15.6. The lowest BCUT2D eigenvalue weighted by Gasteiger charge is -2.40. The second kappa shape index (κ2) is 20.6. The number of nitrogens with zero attached hydrogens (tertiary/aromatic N) is 3. The minimum absolute atomic E-state index is 0.0310. The van der Waals surface area contributed by atoms with E-state index in [4.69, 9.17) is 9.47 Å². The minimum atomic E-state index is -0.678. The number of methoxy groups -OCH3 is 2. The molecule has 0 N–H and O–H groups in total. The van der Waals surface area contributed by atoms with Crippen LogP contribution in [0.4, 0.5) is 5.69 Å². The van der Waals surface area contributed by atoms with E-state index in [1.807, 2.05) is 97.6 Å². The number of aryl methyl sites for hydroxylation is 1. The van der Waals surface area contributed by atoms with Gasteiger partial charge < -0.3 is 24.2 Å². The first kappa shape index (κ1) is 38.8. The third-order valence-electron chi connectivity index (χ3n) is 9.21. The van der Waals surface area contributed by atoms with Gasteiger partial charge in [0.2, 0.25) is 11.8 Å².